The summed E-state index contributed by atoms with van der Waals surface area (Å²) in [6.45, 7) is 0. The maximum atomic E-state index is 8.65. The molecule has 30 heavy (non-hydrogen) atoms. The van der Waals surface area contributed by atoms with E-state index >= 15 is 0 Å². The van der Waals surface area contributed by atoms with E-state index in [9.17, 15) is 0 Å². The molecule has 10 heteroatoms. The van der Waals surface area contributed by atoms with Gasteiger partial charge >= 0.3 is 0 Å². The van der Waals surface area contributed by atoms with E-state index in [0.717, 1.165) is 11.4 Å². The van der Waals surface area contributed by atoms with Crippen molar-refractivity contribution >= 4 is 0 Å². The lowest BCUT2D eigenvalue weighted by Crippen LogP contribution is -1.83. The van der Waals surface area contributed by atoms with Gasteiger partial charge in [0.2, 0.25) is 0 Å². The molecule has 0 spiro atoms. The molecule has 4 N–H and O–H groups in total. The van der Waals surface area contributed by atoms with Crippen molar-refractivity contribution in [2.45, 2.75) is 0 Å². The molecule has 0 atom stereocenters. The van der Waals surface area contributed by atoms with Crippen molar-refractivity contribution in [3.8, 4) is 34.5 Å². The summed E-state index contributed by atoms with van der Waals surface area (Å²) < 4.78 is 0. The van der Waals surface area contributed by atoms with Crippen molar-refractivity contribution in [1.29, 1.82) is 0 Å². The van der Waals surface area contributed by atoms with Gasteiger partial charge in [0, 0.05) is 12.4 Å². The van der Waals surface area contributed by atoms with E-state index in [0.29, 0.717) is 11.6 Å². The Bertz CT molecular complexity index is 994. The summed E-state index contributed by atoms with van der Waals surface area (Å²) in [5.74, 6) is 1.74. The number of aromatic hydroxyl groups is 2. The van der Waals surface area contributed by atoms with Crippen LogP contribution in [0.25, 0.3) is 23.0 Å². The van der Waals surface area contributed by atoms with Crippen molar-refractivity contribution in [2.24, 2.45) is 0 Å². The van der Waals surface area contributed by atoms with Crippen LogP contribution in [0.1, 0.15) is 0 Å². The summed E-state index contributed by atoms with van der Waals surface area (Å²) in [7, 11) is 0. The van der Waals surface area contributed by atoms with Crippen molar-refractivity contribution in [2.75, 3.05) is 0 Å². The van der Waals surface area contributed by atoms with E-state index < -0.39 is 0 Å². The number of aromatic nitrogens is 8. The van der Waals surface area contributed by atoms with Crippen molar-refractivity contribution < 1.29 is 10.2 Å². The molecule has 0 radical (unpaired) electrons. The number of hydrogen-bond donors (Lipinski definition) is 4. The molecule has 4 heterocycles. The molecule has 0 fully saturated rings. The Morgan fingerprint density at radius 3 is 1.27 bits per heavy atom. The Morgan fingerprint density at radius 1 is 0.533 bits per heavy atom. The SMILES string of the molecule is Oc1ccc(O)cc1.c1ccc(-c2ncn[nH]2)nc1.c1ccc(-c2ncn[nH]2)nc1. The van der Waals surface area contributed by atoms with Gasteiger partial charge in [-0.05, 0) is 48.5 Å². The summed E-state index contributed by atoms with van der Waals surface area (Å²) in [4.78, 5) is 16.1. The first-order valence-electron chi connectivity index (χ1n) is 8.74. The summed E-state index contributed by atoms with van der Waals surface area (Å²) in [5.41, 5.74) is 1.62. The molecule has 0 saturated carbocycles. The van der Waals surface area contributed by atoms with E-state index in [1.165, 1.54) is 36.9 Å². The number of aromatic amines is 2. The average Bonchev–Trinajstić information content (AvgIpc) is 3.53. The van der Waals surface area contributed by atoms with Crippen LogP contribution < -0.4 is 0 Å². The zero-order valence-electron chi connectivity index (χ0n) is 15.7. The number of rotatable bonds is 2. The molecule has 0 unspecified atom stereocenters. The molecule has 5 rings (SSSR count). The van der Waals surface area contributed by atoms with Gasteiger partial charge in [-0.3, -0.25) is 20.2 Å². The Morgan fingerprint density at radius 2 is 0.967 bits per heavy atom. The van der Waals surface area contributed by atoms with Crippen LogP contribution in [0.15, 0.2) is 85.7 Å². The quantitative estimate of drug-likeness (QED) is 0.329. The van der Waals surface area contributed by atoms with Crippen LogP contribution in [-0.4, -0.2) is 50.5 Å². The number of H-pyrrole nitrogens is 2. The van der Waals surface area contributed by atoms with Crippen molar-refractivity contribution in [3.63, 3.8) is 0 Å². The molecular weight excluding hydrogens is 384 g/mol. The number of pyridine rings is 2. The fraction of sp³-hybridized carbons (Fsp3) is 0. The number of hydrogen-bond acceptors (Lipinski definition) is 8. The highest BCUT2D eigenvalue weighted by Gasteiger charge is 1.98. The summed E-state index contributed by atoms with van der Waals surface area (Å²) in [6, 6.07) is 17.0. The summed E-state index contributed by atoms with van der Waals surface area (Å²) in [5, 5.41) is 30.2. The first kappa shape index (κ1) is 20.1. The highest BCUT2D eigenvalue weighted by molar-refractivity contribution is 5.47. The van der Waals surface area contributed by atoms with Crippen LogP contribution in [0.3, 0.4) is 0 Å². The van der Waals surface area contributed by atoms with Crippen LogP contribution >= 0.6 is 0 Å². The molecule has 0 saturated heterocycles. The lowest BCUT2D eigenvalue weighted by molar-refractivity contribution is 0.460. The molecule has 1 aromatic carbocycles. The van der Waals surface area contributed by atoms with E-state index in [-0.39, 0.29) is 11.5 Å². The third-order valence-electron chi connectivity index (χ3n) is 3.49. The minimum absolute atomic E-state index is 0.169. The zero-order valence-corrected chi connectivity index (χ0v) is 15.7. The van der Waals surface area contributed by atoms with E-state index in [1.54, 1.807) is 12.4 Å². The Kier molecular flexibility index (Phi) is 7.16. The molecular formula is C20H18N8O2. The lowest BCUT2D eigenvalue weighted by atomic mass is 10.3. The third-order valence-corrected chi connectivity index (χ3v) is 3.49. The van der Waals surface area contributed by atoms with E-state index in [1.807, 2.05) is 36.4 Å². The second-order valence-electron chi connectivity index (χ2n) is 5.61. The van der Waals surface area contributed by atoms with Gasteiger partial charge in [-0.1, -0.05) is 12.1 Å². The third kappa shape index (κ3) is 6.23. The lowest BCUT2D eigenvalue weighted by Gasteiger charge is -1.90. The number of benzene rings is 1. The van der Waals surface area contributed by atoms with Gasteiger partial charge in [0.05, 0.1) is 0 Å². The second-order valence-corrected chi connectivity index (χ2v) is 5.61. The summed E-state index contributed by atoms with van der Waals surface area (Å²) >= 11 is 0. The smallest absolute Gasteiger partial charge is 0.174 e. The molecule has 0 aliphatic carbocycles. The molecule has 150 valence electrons. The first-order valence-corrected chi connectivity index (χ1v) is 8.74. The van der Waals surface area contributed by atoms with Gasteiger partial charge in [-0.2, -0.15) is 10.2 Å². The van der Waals surface area contributed by atoms with Gasteiger partial charge in [-0.15, -0.1) is 0 Å². The molecule has 0 amide bonds. The molecule has 10 nitrogen and oxygen atoms in total. The highest BCUT2D eigenvalue weighted by Crippen LogP contribution is 2.13. The van der Waals surface area contributed by atoms with Gasteiger partial charge in [0.25, 0.3) is 0 Å². The Labute approximate surface area is 171 Å². The first-order chi connectivity index (χ1) is 14.7. The van der Waals surface area contributed by atoms with Crippen LogP contribution in [0.5, 0.6) is 11.5 Å². The molecule has 0 aliphatic rings. The average molecular weight is 402 g/mol. The summed E-state index contributed by atoms with van der Waals surface area (Å²) in [6.07, 6.45) is 6.36. The van der Waals surface area contributed by atoms with Gasteiger partial charge in [0.1, 0.15) is 35.5 Å². The van der Waals surface area contributed by atoms with Crippen LogP contribution in [-0.2, 0) is 0 Å². The zero-order chi connectivity index (χ0) is 21.0. The fourth-order valence-corrected chi connectivity index (χ4v) is 2.12. The minimum atomic E-state index is 0.169. The minimum Gasteiger partial charge on any atom is -0.508 e. The molecule has 5 aromatic rings. The van der Waals surface area contributed by atoms with E-state index in [4.69, 9.17) is 10.2 Å². The van der Waals surface area contributed by atoms with E-state index in [2.05, 4.69) is 40.3 Å². The van der Waals surface area contributed by atoms with Gasteiger partial charge < -0.3 is 10.2 Å². The van der Waals surface area contributed by atoms with Gasteiger partial charge in [-0.25, -0.2) is 9.97 Å². The maximum Gasteiger partial charge on any atom is 0.174 e. The fourth-order valence-electron chi connectivity index (χ4n) is 2.12. The number of nitrogens with zero attached hydrogens (tertiary/aromatic N) is 6. The van der Waals surface area contributed by atoms with Crippen molar-refractivity contribution in [3.05, 3.63) is 85.7 Å². The molecule has 0 aliphatic heterocycles. The monoisotopic (exact) mass is 402 g/mol. The standard InChI is InChI=1S/2C7H6N4.C6H6O2/c2*1-2-4-8-6(3-1)7-9-5-10-11-7;7-5-1-2-6(8)4-3-5/h2*1-5H,(H,9,10,11);1-4,7-8H. The molecule has 4 aromatic heterocycles. The van der Waals surface area contributed by atoms with Gasteiger partial charge in [0.15, 0.2) is 11.6 Å². The topological polar surface area (TPSA) is 149 Å². The maximum absolute atomic E-state index is 8.65. The van der Waals surface area contributed by atoms with Crippen LogP contribution in [0, 0.1) is 0 Å². The largest absolute Gasteiger partial charge is 0.508 e. The predicted octanol–water partition coefficient (Wildman–Crippen LogP) is 2.83. The second kappa shape index (κ2) is 10.7. The number of phenols is 2. The Balaban J connectivity index is 0.000000130. The Hall–Kier alpha value is -4.60. The molecule has 0 bridgehead atoms. The van der Waals surface area contributed by atoms with Crippen molar-refractivity contribution in [1.82, 2.24) is 40.3 Å². The predicted molar refractivity (Wildman–Crippen MR) is 109 cm³/mol. The highest BCUT2D eigenvalue weighted by atomic mass is 16.3. The normalized spacial score (nSPS) is 9.60. The number of phenolic OH excluding ortho intramolecular Hbond substituents is 2. The van der Waals surface area contributed by atoms with Crippen LogP contribution in [0.4, 0.5) is 0 Å². The number of nitrogens with one attached hydrogen (secondary N) is 2. The van der Waals surface area contributed by atoms with Crippen LogP contribution in [0.2, 0.25) is 0 Å².